The number of nitrogen functional groups attached to an aromatic ring is 1. The third-order valence-corrected chi connectivity index (χ3v) is 1.25. The maximum atomic E-state index is 12.8. The summed E-state index contributed by atoms with van der Waals surface area (Å²) in [7, 11) is 1.25. The Hall–Kier alpha value is -1.32. The lowest BCUT2D eigenvalue weighted by molar-refractivity contribution is 0.384. The van der Waals surface area contributed by atoms with Crippen LogP contribution in [0.3, 0.4) is 0 Å². The Bertz CT molecular complexity index is 275. The third kappa shape index (κ3) is 1.39. The van der Waals surface area contributed by atoms with Crippen molar-refractivity contribution in [3.8, 4) is 5.75 Å². The molecule has 0 heterocycles. The van der Waals surface area contributed by atoms with E-state index in [4.69, 9.17) is 5.73 Å². The van der Waals surface area contributed by atoms with Gasteiger partial charge in [-0.05, 0) is 0 Å². The lowest BCUT2D eigenvalue weighted by atomic mass is 10.3. The summed E-state index contributed by atoms with van der Waals surface area (Å²) >= 11 is 0. The molecule has 0 aliphatic rings. The lowest BCUT2D eigenvalue weighted by Crippen LogP contribution is -1.96. The van der Waals surface area contributed by atoms with Gasteiger partial charge < -0.3 is 10.5 Å². The topological polar surface area (TPSA) is 35.2 Å². The predicted molar refractivity (Wildman–Crippen MR) is 37.3 cm³/mol. The number of anilines is 1. The van der Waals surface area contributed by atoms with Gasteiger partial charge in [-0.3, -0.25) is 0 Å². The monoisotopic (exact) mass is 159 g/mol. The minimum absolute atomic E-state index is 0.178. The van der Waals surface area contributed by atoms with Crippen molar-refractivity contribution >= 4 is 5.69 Å². The molecule has 0 saturated carbocycles. The van der Waals surface area contributed by atoms with E-state index in [0.717, 1.165) is 12.1 Å². The third-order valence-electron chi connectivity index (χ3n) is 1.25. The first-order chi connectivity index (χ1) is 5.15. The second kappa shape index (κ2) is 2.74. The molecule has 0 bridgehead atoms. The number of methoxy groups -OCH3 is 1. The van der Waals surface area contributed by atoms with E-state index in [0.29, 0.717) is 0 Å². The Kier molecular flexibility index (Phi) is 1.94. The number of halogens is 2. The average Bonchev–Trinajstić information content (AvgIpc) is 1.96. The maximum Gasteiger partial charge on any atom is 0.188 e. The van der Waals surface area contributed by atoms with Gasteiger partial charge in [0, 0.05) is 12.1 Å². The fraction of sp³-hybridized carbons (Fsp3) is 0.143. The second-order valence-corrected chi connectivity index (χ2v) is 2.01. The normalized spacial score (nSPS) is 9.73. The van der Waals surface area contributed by atoms with Crippen LogP contribution in [0.4, 0.5) is 14.5 Å². The first-order valence-corrected chi connectivity index (χ1v) is 2.93. The summed E-state index contributed by atoms with van der Waals surface area (Å²) in [4.78, 5) is 0. The molecule has 0 amide bonds. The summed E-state index contributed by atoms with van der Waals surface area (Å²) in [5, 5.41) is 0. The summed E-state index contributed by atoms with van der Waals surface area (Å²) in [5.41, 5.74) is 4.85. The van der Waals surface area contributed by atoms with Crippen LogP contribution in [0.15, 0.2) is 12.1 Å². The SMILES string of the molecule is COc1cc(F)cc(N)c1F. The van der Waals surface area contributed by atoms with E-state index in [9.17, 15) is 8.78 Å². The van der Waals surface area contributed by atoms with Crippen LogP contribution < -0.4 is 10.5 Å². The molecular weight excluding hydrogens is 152 g/mol. The van der Waals surface area contributed by atoms with Gasteiger partial charge in [0.05, 0.1) is 12.8 Å². The van der Waals surface area contributed by atoms with Gasteiger partial charge in [0.25, 0.3) is 0 Å². The van der Waals surface area contributed by atoms with Crippen molar-refractivity contribution in [3.05, 3.63) is 23.8 Å². The van der Waals surface area contributed by atoms with E-state index in [-0.39, 0.29) is 11.4 Å². The number of nitrogens with two attached hydrogens (primary N) is 1. The van der Waals surface area contributed by atoms with E-state index in [1.54, 1.807) is 0 Å². The van der Waals surface area contributed by atoms with E-state index in [2.05, 4.69) is 4.74 Å². The van der Waals surface area contributed by atoms with Gasteiger partial charge in [0.2, 0.25) is 0 Å². The van der Waals surface area contributed by atoms with Gasteiger partial charge in [0.1, 0.15) is 5.82 Å². The highest BCUT2D eigenvalue weighted by Crippen LogP contribution is 2.23. The molecule has 0 spiro atoms. The number of ether oxygens (including phenoxy) is 1. The van der Waals surface area contributed by atoms with E-state index < -0.39 is 11.6 Å². The molecule has 0 aromatic heterocycles. The van der Waals surface area contributed by atoms with Gasteiger partial charge in [-0.25, -0.2) is 8.78 Å². The number of benzene rings is 1. The Morgan fingerprint density at radius 3 is 2.55 bits per heavy atom. The number of hydrogen-bond acceptors (Lipinski definition) is 2. The average molecular weight is 159 g/mol. The Labute approximate surface area is 62.6 Å². The van der Waals surface area contributed by atoms with Crippen molar-refractivity contribution in [3.63, 3.8) is 0 Å². The van der Waals surface area contributed by atoms with Crippen molar-refractivity contribution in [2.45, 2.75) is 0 Å². The highest BCUT2D eigenvalue weighted by molar-refractivity contribution is 5.46. The molecule has 60 valence electrons. The van der Waals surface area contributed by atoms with Crippen molar-refractivity contribution in [1.29, 1.82) is 0 Å². The molecule has 2 nitrogen and oxygen atoms in total. The Morgan fingerprint density at radius 2 is 2.00 bits per heavy atom. The van der Waals surface area contributed by atoms with Crippen molar-refractivity contribution < 1.29 is 13.5 Å². The lowest BCUT2D eigenvalue weighted by Gasteiger charge is -2.03. The zero-order valence-electron chi connectivity index (χ0n) is 5.90. The fourth-order valence-electron chi connectivity index (χ4n) is 0.733. The summed E-state index contributed by atoms with van der Waals surface area (Å²) in [6.45, 7) is 0. The smallest absolute Gasteiger partial charge is 0.188 e. The van der Waals surface area contributed by atoms with E-state index in [1.165, 1.54) is 7.11 Å². The molecule has 1 rings (SSSR count). The molecular formula is C7H7F2NO. The molecule has 2 N–H and O–H groups in total. The number of rotatable bonds is 1. The minimum atomic E-state index is -0.728. The first kappa shape index (κ1) is 7.78. The van der Waals surface area contributed by atoms with Crippen LogP contribution in [0.1, 0.15) is 0 Å². The first-order valence-electron chi connectivity index (χ1n) is 2.93. The van der Waals surface area contributed by atoms with Crippen molar-refractivity contribution in [1.82, 2.24) is 0 Å². The van der Waals surface area contributed by atoms with Crippen LogP contribution in [-0.4, -0.2) is 7.11 Å². The Balaban J connectivity index is 3.24. The molecule has 4 heteroatoms. The molecule has 0 unspecified atom stereocenters. The molecule has 1 aromatic rings. The summed E-state index contributed by atoms with van der Waals surface area (Å²) < 4.78 is 29.7. The highest BCUT2D eigenvalue weighted by Gasteiger charge is 2.07. The summed E-state index contributed by atoms with van der Waals surface area (Å²) in [6, 6.07) is 1.84. The summed E-state index contributed by atoms with van der Waals surface area (Å²) in [5.74, 6) is -1.52. The molecule has 0 atom stereocenters. The maximum absolute atomic E-state index is 12.8. The predicted octanol–water partition coefficient (Wildman–Crippen LogP) is 1.56. The van der Waals surface area contributed by atoms with Gasteiger partial charge in [-0.15, -0.1) is 0 Å². The highest BCUT2D eigenvalue weighted by atomic mass is 19.1. The van der Waals surface area contributed by atoms with Crippen molar-refractivity contribution in [2.75, 3.05) is 12.8 Å². The van der Waals surface area contributed by atoms with Crippen LogP contribution in [-0.2, 0) is 0 Å². The zero-order chi connectivity index (χ0) is 8.43. The van der Waals surface area contributed by atoms with E-state index in [1.807, 2.05) is 0 Å². The largest absolute Gasteiger partial charge is 0.493 e. The van der Waals surface area contributed by atoms with Crippen molar-refractivity contribution in [2.24, 2.45) is 0 Å². The molecule has 0 aliphatic carbocycles. The van der Waals surface area contributed by atoms with Crippen LogP contribution in [0, 0.1) is 11.6 Å². The standard InChI is InChI=1S/C7H7F2NO/c1-11-6-3-4(8)2-5(10)7(6)9/h2-3H,10H2,1H3. The molecule has 0 aliphatic heterocycles. The quantitative estimate of drug-likeness (QED) is 0.631. The fourth-order valence-corrected chi connectivity index (χ4v) is 0.733. The van der Waals surface area contributed by atoms with Gasteiger partial charge in [-0.2, -0.15) is 0 Å². The van der Waals surface area contributed by atoms with Crippen LogP contribution in [0.5, 0.6) is 5.75 Å². The minimum Gasteiger partial charge on any atom is -0.493 e. The molecule has 0 fully saturated rings. The van der Waals surface area contributed by atoms with Crippen LogP contribution in [0.25, 0.3) is 0 Å². The molecule has 11 heavy (non-hydrogen) atoms. The summed E-state index contributed by atoms with van der Waals surface area (Å²) in [6.07, 6.45) is 0. The molecule has 0 radical (unpaired) electrons. The van der Waals surface area contributed by atoms with Gasteiger partial charge >= 0.3 is 0 Å². The molecule has 1 aromatic carbocycles. The van der Waals surface area contributed by atoms with Crippen LogP contribution >= 0.6 is 0 Å². The second-order valence-electron chi connectivity index (χ2n) is 2.01. The van der Waals surface area contributed by atoms with Gasteiger partial charge in [0.15, 0.2) is 11.6 Å². The van der Waals surface area contributed by atoms with Crippen LogP contribution in [0.2, 0.25) is 0 Å². The van der Waals surface area contributed by atoms with Gasteiger partial charge in [-0.1, -0.05) is 0 Å². The molecule has 0 saturated heterocycles. The zero-order valence-corrected chi connectivity index (χ0v) is 5.90. The number of hydrogen-bond donors (Lipinski definition) is 1. The Morgan fingerprint density at radius 1 is 1.36 bits per heavy atom. The van der Waals surface area contributed by atoms with E-state index >= 15 is 0 Å².